The van der Waals surface area contributed by atoms with Crippen molar-refractivity contribution in [3.63, 3.8) is 0 Å². The Kier molecular flexibility index (Phi) is 8.54. The van der Waals surface area contributed by atoms with Crippen LogP contribution in [-0.4, -0.2) is 45.9 Å². The number of nitrogens with one attached hydrogen (secondary N) is 1. The van der Waals surface area contributed by atoms with E-state index in [0.29, 0.717) is 30.3 Å². The lowest BCUT2D eigenvalue weighted by Crippen LogP contribution is -2.60. The normalized spacial score (nSPS) is 19.4. The van der Waals surface area contributed by atoms with Crippen molar-refractivity contribution in [1.82, 2.24) is 15.2 Å². The lowest BCUT2D eigenvalue weighted by atomic mass is 9.66. The Morgan fingerprint density at radius 2 is 1.74 bits per heavy atom. The van der Waals surface area contributed by atoms with Crippen LogP contribution < -0.4 is 10.1 Å². The molecule has 1 saturated heterocycles. The van der Waals surface area contributed by atoms with E-state index in [1.54, 1.807) is 29.2 Å². The maximum absolute atomic E-state index is 13.7. The Bertz CT molecular complexity index is 1330. The summed E-state index contributed by atoms with van der Waals surface area (Å²) in [5, 5.41) is 15.3. The first kappa shape index (κ1) is 28.9. The lowest BCUT2D eigenvalue weighted by molar-refractivity contribution is -0.155. The second-order valence-electron chi connectivity index (χ2n) is 10.9. The van der Waals surface area contributed by atoms with Crippen molar-refractivity contribution < 1.29 is 19.4 Å². The molecule has 2 atom stereocenters. The summed E-state index contributed by atoms with van der Waals surface area (Å²) in [5.41, 5.74) is -0.791. The Hall–Kier alpha value is -3.13. The van der Waals surface area contributed by atoms with Gasteiger partial charge in [0.25, 0.3) is 5.91 Å². The first-order valence-electron chi connectivity index (χ1n) is 12.9. The van der Waals surface area contributed by atoms with Crippen molar-refractivity contribution in [3.05, 3.63) is 88.0 Å². The largest absolute Gasteiger partial charge is 0.438 e. The number of hydrogen-bond donors (Lipinski definition) is 2. The second kappa shape index (κ2) is 11.5. The molecule has 206 valence electrons. The molecule has 39 heavy (non-hydrogen) atoms. The van der Waals surface area contributed by atoms with Crippen molar-refractivity contribution >= 4 is 35.0 Å². The number of halogens is 2. The van der Waals surface area contributed by atoms with Crippen LogP contribution in [0.4, 0.5) is 0 Å². The van der Waals surface area contributed by atoms with Crippen LogP contribution in [-0.2, 0) is 10.4 Å². The third-order valence-electron chi connectivity index (χ3n) is 7.33. The zero-order valence-corrected chi connectivity index (χ0v) is 24.0. The van der Waals surface area contributed by atoms with Gasteiger partial charge in [-0.05, 0) is 48.2 Å². The quantitative estimate of drug-likeness (QED) is 0.359. The van der Waals surface area contributed by atoms with E-state index in [9.17, 15) is 14.7 Å². The van der Waals surface area contributed by atoms with E-state index in [0.717, 1.165) is 5.56 Å². The Labute approximate surface area is 239 Å². The van der Waals surface area contributed by atoms with Gasteiger partial charge in [-0.1, -0.05) is 81.2 Å². The van der Waals surface area contributed by atoms with E-state index in [1.165, 1.54) is 12.3 Å². The number of amides is 2. The molecule has 3 aromatic rings. The van der Waals surface area contributed by atoms with Crippen LogP contribution in [0, 0.1) is 11.3 Å². The SMILES string of the molecule is CC(C)[C@@H](NC(=O)c1cnc(Oc2ccccc2)c(Cl)c1)C(=O)N1CC[C@](O)(c2ccc(Cl)cc2)C(C)(C)C1. The summed E-state index contributed by atoms with van der Waals surface area (Å²) in [6.07, 6.45) is 1.73. The van der Waals surface area contributed by atoms with E-state index in [2.05, 4.69) is 10.3 Å². The third kappa shape index (κ3) is 6.21. The molecular formula is C30H33Cl2N3O4. The molecule has 1 aromatic heterocycles. The van der Waals surface area contributed by atoms with Gasteiger partial charge >= 0.3 is 0 Å². The van der Waals surface area contributed by atoms with Gasteiger partial charge in [0.2, 0.25) is 11.8 Å². The number of piperidine rings is 1. The molecule has 0 spiro atoms. The number of ether oxygens (including phenoxy) is 1. The summed E-state index contributed by atoms with van der Waals surface area (Å²) in [6, 6.07) is 16.9. The topological polar surface area (TPSA) is 91.8 Å². The minimum absolute atomic E-state index is 0.175. The zero-order chi connectivity index (χ0) is 28.4. The molecule has 1 aliphatic rings. The standard InChI is InChI=1S/C30H33Cl2N3O4/c1-19(2)25(34-26(36)20-16-24(32)27(33-17-20)39-23-8-6-5-7-9-23)28(37)35-15-14-30(38,29(3,4)18-35)21-10-12-22(31)13-11-21/h5-13,16-17,19,25,38H,14-15,18H2,1-4H3,(H,34,36)/t25-,30+/m1/s1. The number of hydrogen-bond acceptors (Lipinski definition) is 5. The van der Waals surface area contributed by atoms with Gasteiger partial charge in [-0.25, -0.2) is 4.98 Å². The van der Waals surface area contributed by atoms with Gasteiger partial charge in [0.15, 0.2) is 0 Å². The van der Waals surface area contributed by atoms with Crippen LogP contribution in [0.2, 0.25) is 10.0 Å². The van der Waals surface area contributed by atoms with Crippen LogP contribution in [0.15, 0.2) is 66.9 Å². The van der Waals surface area contributed by atoms with Gasteiger partial charge in [0.1, 0.15) is 16.8 Å². The minimum Gasteiger partial charge on any atom is -0.438 e. The summed E-state index contributed by atoms with van der Waals surface area (Å²) in [4.78, 5) is 32.7. The molecule has 7 nitrogen and oxygen atoms in total. The van der Waals surface area contributed by atoms with Gasteiger partial charge in [-0.2, -0.15) is 0 Å². The highest BCUT2D eigenvalue weighted by Gasteiger charge is 2.50. The molecule has 2 N–H and O–H groups in total. The van der Waals surface area contributed by atoms with E-state index >= 15 is 0 Å². The van der Waals surface area contributed by atoms with Gasteiger partial charge in [0, 0.05) is 29.7 Å². The van der Waals surface area contributed by atoms with Crippen LogP contribution >= 0.6 is 23.2 Å². The Morgan fingerprint density at radius 1 is 1.08 bits per heavy atom. The van der Waals surface area contributed by atoms with Crippen molar-refractivity contribution in [2.45, 2.75) is 45.8 Å². The van der Waals surface area contributed by atoms with E-state index < -0.39 is 23.0 Å². The minimum atomic E-state index is -1.13. The Balaban J connectivity index is 1.46. The second-order valence-corrected chi connectivity index (χ2v) is 11.7. The maximum atomic E-state index is 13.7. The average molecular weight is 571 g/mol. The first-order chi connectivity index (χ1) is 18.4. The van der Waals surface area contributed by atoms with Crippen LogP contribution in [0.3, 0.4) is 0 Å². The number of likely N-dealkylation sites (tertiary alicyclic amines) is 1. The van der Waals surface area contributed by atoms with Gasteiger partial charge in [-0.3, -0.25) is 9.59 Å². The van der Waals surface area contributed by atoms with Crippen LogP contribution in [0.1, 0.15) is 50.0 Å². The summed E-state index contributed by atoms with van der Waals surface area (Å²) >= 11 is 12.4. The summed E-state index contributed by atoms with van der Waals surface area (Å²) < 4.78 is 5.69. The van der Waals surface area contributed by atoms with Crippen molar-refractivity contribution in [2.75, 3.05) is 13.1 Å². The van der Waals surface area contributed by atoms with Gasteiger partial charge in [0.05, 0.1) is 11.2 Å². The smallest absolute Gasteiger partial charge is 0.253 e. The van der Waals surface area contributed by atoms with Gasteiger partial charge < -0.3 is 20.1 Å². The number of rotatable bonds is 7. The van der Waals surface area contributed by atoms with E-state index in [-0.39, 0.29) is 28.3 Å². The van der Waals surface area contributed by atoms with Crippen LogP contribution in [0.5, 0.6) is 11.6 Å². The molecule has 2 heterocycles. The maximum Gasteiger partial charge on any atom is 0.253 e. The molecule has 2 aromatic carbocycles. The number of nitrogens with zero attached hydrogens (tertiary/aromatic N) is 2. The average Bonchev–Trinajstić information content (AvgIpc) is 2.90. The highest BCUT2D eigenvalue weighted by atomic mass is 35.5. The summed E-state index contributed by atoms with van der Waals surface area (Å²) in [7, 11) is 0. The molecule has 0 unspecified atom stereocenters. The number of carbonyl (C=O) groups excluding carboxylic acids is 2. The predicted molar refractivity (Wildman–Crippen MR) is 152 cm³/mol. The molecule has 0 bridgehead atoms. The molecule has 2 amide bonds. The fourth-order valence-corrected chi connectivity index (χ4v) is 5.26. The third-order valence-corrected chi connectivity index (χ3v) is 7.85. The molecule has 0 aliphatic carbocycles. The van der Waals surface area contributed by atoms with Crippen molar-refractivity contribution in [3.8, 4) is 11.6 Å². The number of pyridine rings is 1. The number of para-hydroxylation sites is 1. The highest BCUT2D eigenvalue weighted by molar-refractivity contribution is 6.32. The number of aromatic nitrogens is 1. The molecular weight excluding hydrogens is 537 g/mol. The summed E-state index contributed by atoms with van der Waals surface area (Å²) in [5.74, 6) is -0.0864. The van der Waals surface area contributed by atoms with E-state index in [1.807, 2.05) is 58.0 Å². The van der Waals surface area contributed by atoms with Crippen LogP contribution in [0.25, 0.3) is 0 Å². The fourth-order valence-electron chi connectivity index (χ4n) is 4.93. The van der Waals surface area contributed by atoms with Gasteiger partial charge in [-0.15, -0.1) is 0 Å². The molecule has 4 rings (SSSR count). The van der Waals surface area contributed by atoms with Crippen molar-refractivity contribution in [1.29, 1.82) is 0 Å². The molecule has 0 radical (unpaired) electrons. The summed E-state index contributed by atoms with van der Waals surface area (Å²) in [6.45, 7) is 8.31. The predicted octanol–water partition coefficient (Wildman–Crippen LogP) is 6.08. The monoisotopic (exact) mass is 569 g/mol. The molecule has 1 aliphatic heterocycles. The molecule has 1 fully saturated rings. The van der Waals surface area contributed by atoms with Crippen molar-refractivity contribution in [2.24, 2.45) is 11.3 Å². The highest BCUT2D eigenvalue weighted by Crippen LogP contribution is 2.46. The lowest BCUT2D eigenvalue weighted by Gasteiger charge is -2.51. The van der Waals surface area contributed by atoms with E-state index in [4.69, 9.17) is 27.9 Å². The molecule has 0 saturated carbocycles. The number of benzene rings is 2. The number of aliphatic hydroxyl groups is 1. The Morgan fingerprint density at radius 3 is 2.33 bits per heavy atom. The first-order valence-corrected chi connectivity index (χ1v) is 13.6. The number of carbonyl (C=O) groups is 2. The molecule has 9 heteroatoms. The fraction of sp³-hybridized carbons (Fsp3) is 0.367. The zero-order valence-electron chi connectivity index (χ0n) is 22.4.